The second-order valence-corrected chi connectivity index (χ2v) is 25.5. The molecule has 1 fully saturated rings. The van der Waals surface area contributed by atoms with Gasteiger partial charge in [-0.3, -0.25) is 0 Å². The van der Waals surface area contributed by atoms with Crippen LogP contribution in [0.3, 0.4) is 0 Å². The van der Waals surface area contributed by atoms with Gasteiger partial charge in [-0.15, -0.1) is 0 Å². The van der Waals surface area contributed by atoms with E-state index in [2.05, 4.69) is 227 Å². The van der Waals surface area contributed by atoms with Crippen LogP contribution in [0.15, 0.2) is 97.6 Å². The maximum Gasteiger partial charge on any atom is 0.435 e. The van der Waals surface area contributed by atoms with E-state index in [1.807, 2.05) is 0 Å². The Morgan fingerprint density at radius 3 is 0.567 bits per heavy atom. The molecule has 1 saturated heterocycles. The van der Waals surface area contributed by atoms with Crippen molar-refractivity contribution in [1.29, 1.82) is 0 Å². The number of para-hydroxylation sites is 4. The Hall–Kier alpha value is -3.66. The van der Waals surface area contributed by atoms with E-state index in [9.17, 15) is 0 Å². The minimum absolute atomic E-state index is 0.347. The smallest absolute Gasteiger partial charge is 0.166 e. The Kier molecular flexibility index (Phi) is 12.5. The number of rotatable bonds is 12. The van der Waals surface area contributed by atoms with Gasteiger partial charge in [-0.2, -0.15) is 18.7 Å². The van der Waals surface area contributed by atoms with Gasteiger partial charge in [-0.25, -0.2) is 0 Å². The van der Waals surface area contributed by atoms with Crippen LogP contribution in [-0.2, 0) is 0 Å². The Balaban J connectivity index is 1.57. The molecule has 0 aliphatic carbocycles. The normalized spacial score (nSPS) is 17.1. The lowest BCUT2D eigenvalue weighted by Gasteiger charge is -2.50. The van der Waals surface area contributed by atoms with Crippen molar-refractivity contribution in [2.45, 2.75) is 158 Å². The molecule has 7 rings (SSSR count). The van der Waals surface area contributed by atoms with Crippen LogP contribution in [0, 0.1) is 0 Å². The fraction of sp³-hybridized carbons (Fsp3) is 0.462. The largest absolute Gasteiger partial charge is 0.435 e. The maximum atomic E-state index is 4.74. The maximum absolute atomic E-state index is 4.74. The summed E-state index contributed by atoms with van der Waals surface area (Å²) in [5, 5.41) is 0. The average molecular weight is 845 g/mol. The third kappa shape index (κ3) is 7.22. The molecule has 0 bridgehead atoms. The molecule has 0 unspecified atom stereocenters. The third-order valence-electron chi connectivity index (χ3n) is 12.8. The van der Waals surface area contributed by atoms with E-state index < -0.39 is 15.7 Å². The lowest BCUT2D eigenvalue weighted by atomic mass is 9.92. The van der Waals surface area contributed by atoms with Gasteiger partial charge in [0.2, 0.25) is 0 Å². The molecule has 3 aliphatic heterocycles. The van der Waals surface area contributed by atoms with Gasteiger partial charge in [-0.05, 0) is 91.9 Å². The molecule has 0 atom stereocenters. The molecule has 4 aromatic rings. The Labute approximate surface area is 365 Å². The highest BCUT2D eigenvalue weighted by atomic mass is 31.3. The van der Waals surface area contributed by atoms with Gasteiger partial charge >= 0.3 is 15.7 Å². The second kappa shape index (κ2) is 16.9. The van der Waals surface area contributed by atoms with E-state index in [1.54, 1.807) is 0 Å². The van der Waals surface area contributed by atoms with Gasteiger partial charge in [0.15, 0.2) is 0 Å². The number of nitrogens with one attached hydrogen (secondary N) is 2. The van der Waals surface area contributed by atoms with Gasteiger partial charge in [-0.1, -0.05) is 184 Å². The summed E-state index contributed by atoms with van der Waals surface area (Å²) < 4.78 is 10.7. The Bertz CT molecular complexity index is 1850. The summed E-state index contributed by atoms with van der Waals surface area (Å²) >= 11 is 0. The van der Waals surface area contributed by atoms with Crippen LogP contribution in [0.5, 0.6) is 0 Å². The molecule has 8 heteroatoms. The molecule has 3 aliphatic rings. The minimum atomic E-state index is -2.65. The van der Waals surface area contributed by atoms with Crippen LogP contribution in [0.4, 0.5) is 22.7 Å². The second-order valence-electron chi connectivity index (χ2n) is 19.8. The SMILES string of the molecule is CC(C)c1cccc(C(C)C)c1N1C=CN(c2c(C(C)C)cccc2C(C)C)[P+]12N[P+]1(N2)N(c2c(C(C)C)cccc2C(C)C)C=CN1c1c(C(C)C)cccc1C(C)C. The van der Waals surface area contributed by atoms with Crippen molar-refractivity contribution >= 4 is 38.5 Å². The first-order valence-corrected chi connectivity index (χ1v) is 26.2. The molecular formula is C52H74N6P2+2. The number of nitrogens with zero attached hydrogens (tertiary/aromatic N) is 4. The highest BCUT2D eigenvalue weighted by molar-refractivity contribution is 8.03. The predicted molar refractivity (Wildman–Crippen MR) is 267 cm³/mol. The zero-order valence-corrected chi connectivity index (χ0v) is 41.3. The molecule has 2 N–H and O–H groups in total. The van der Waals surface area contributed by atoms with Crippen molar-refractivity contribution in [3.8, 4) is 0 Å². The minimum Gasteiger partial charge on any atom is -0.166 e. The van der Waals surface area contributed by atoms with E-state index in [0.29, 0.717) is 47.3 Å². The van der Waals surface area contributed by atoms with E-state index in [1.165, 1.54) is 67.3 Å². The highest BCUT2D eigenvalue weighted by Crippen LogP contribution is 2.89. The first kappa shape index (κ1) is 44.4. The topological polar surface area (TPSA) is 37.0 Å². The molecule has 6 nitrogen and oxygen atoms in total. The molecule has 320 valence electrons. The van der Waals surface area contributed by atoms with E-state index in [-0.39, 0.29) is 0 Å². The van der Waals surface area contributed by atoms with Crippen molar-refractivity contribution in [2.24, 2.45) is 0 Å². The molecule has 0 aromatic heterocycles. The number of anilines is 4. The standard InChI is InChI=1S/C52H74N6P2/c1-33(2)41-21-17-22-42(34(3)4)49(41)55-29-30-56(50-43(35(5)6)23-18-24-44(50)36(7)8)59(55)53-60(54-59)57(51-45(37(9)10)25-19-26-46(51)38(11)12)31-32-58(60)52-47(39(13)14)27-20-28-48(52)40(15)16/h17-40,53-54H,1-16H3/q+2. The van der Waals surface area contributed by atoms with Gasteiger partial charge in [0.1, 0.15) is 0 Å². The van der Waals surface area contributed by atoms with Crippen LogP contribution in [-0.4, -0.2) is 0 Å². The van der Waals surface area contributed by atoms with Gasteiger partial charge in [0, 0.05) is 0 Å². The summed E-state index contributed by atoms with van der Waals surface area (Å²) in [6.45, 7) is 37.6. The zero-order valence-electron chi connectivity index (χ0n) is 39.5. The van der Waals surface area contributed by atoms with Crippen molar-refractivity contribution in [3.05, 3.63) is 142 Å². The molecular weight excluding hydrogens is 771 g/mol. The van der Waals surface area contributed by atoms with E-state index in [0.717, 1.165) is 0 Å². The van der Waals surface area contributed by atoms with Gasteiger partial charge in [0.05, 0.1) is 57.3 Å². The van der Waals surface area contributed by atoms with Crippen LogP contribution in [0.2, 0.25) is 0 Å². The molecule has 4 aromatic carbocycles. The monoisotopic (exact) mass is 845 g/mol. The van der Waals surface area contributed by atoms with Crippen LogP contribution < -0.4 is 28.4 Å². The van der Waals surface area contributed by atoms with E-state index in [4.69, 9.17) is 9.72 Å². The van der Waals surface area contributed by atoms with Crippen LogP contribution in [0.1, 0.15) is 203 Å². The summed E-state index contributed by atoms with van der Waals surface area (Å²) in [5.74, 6) is 2.77. The molecule has 0 amide bonds. The quantitative estimate of drug-likeness (QED) is 0.138. The molecule has 60 heavy (non-hydrogen) atoms. The summed E-state index contributed by atoms with van der Waals surface area (Å²) in [4.78, 5) is 9.49. The lowest BCUT2D eigenvalue weighted by Crippen LogP contribution is -2.61. The number of benzene rings is 4. The Morgan fingerprint density at radius 2 is 0.433 bits per heavy atom. The van der Waals surface area contributed by atoms with Crippen molar-refractivity contribution in [2.75, 3.05) is 18.7 Å². The average Bonchev–Trinajstić information content (AvgIpc) is 3.76. The zero-order chi connectivity index (χ0) is 43.6. The predicted octanol–water partition coefficient (Wildman–Crippen LogP) is 16.5. The van der Waals surface area contributed by atoms with Crippen LogP contribution in [0.25, 0.3) is 0 Å². The first-order chi connectivity index (χ1) is 28.4. The van der Waals surface area contributed by atoms with Gasteiger partial charge < -0.3 is 0 Å². The van der Waals surface area contributed by atoms with Crippen molar-refractivity contribution < 1.29 is 0 Å². The van der Waals surface area contributed by atoms with Crippen molar-refractivity contribution in [1.82, 2.24) is 9.72 Å². The molecule has 0 radical (unpaired) electrons. The van der Waals surface area contributed by atoms with Gasteiger partial charge in [0.25, 0.3) is 0 Å². The van der Waals surface area contributed by atoms with E-state index >= 15 is 0 Å². The fourth-order valence-corrected chi connectivity index (χ4v) is 19.3. The molecule has 3 heterocycles. The Morgan fingerprint density at radius 1 is 0.283 bits per heavy atom. The highest BCUT2D eigenvalue weighted by Gasteiger charge is 2.86. The summed E-state index contributed by atoms with van der Waals surface area (Å²) in [6, 6.07) is 28.0. The lowest BCUT2D eigenvalue weighted by molar-refractivity contribution is 0.827. The van der Waals surface area contributed by atoms with Crippen LogP contribution >= 0.6 is 15.7 Å². The number of hydrogen-bond donors (Lipinski definition) is 2. The number of hydrogen-bond acceptors (Lipinski definition) is 6. The molecule has 0 saturated carbocycles. The summed E-state index contributed by atoms with van der Waals surface area (Å²) in [5.41, 5.74) is 16.4. The summed E-state index contributed by atoms with van der Waals surface area (Å²) in [6.07, 6.45) is 9.61. The first-order valence-electron chi connectivity index (χ1n) is 22.8. The van der Waals surface area contributed by atoms with Crippen molar-refractivity contribution in [3.63, 3.8) is 0 Å². The third-order valence-corrected chi connectivity index (χ3v) is 21.1. The summed E-state index contributed by atoms with van der Waals surface area (Å²) in [7, 11) is -5.31. The fourth-order valence-electron chi connectivity index (χ4n) is 9.60. The molecule has 2 spiro atoms.